The van der Waals surface area contributed by atoms with E-state index in [-0.39, 0.29) is 12.5 Å². The third-order valence-corrected chi connectivity index (χ3v) is 3.13. The highest BCUT2D eigenvalue weighted by molar-refractivity contribution is 5.96. The van der Waals surface area contributed by atoms with E-state index in [1.54, 1.807) is 24.3 Å². The number of ether oxygens (including phenoxy) is 1. The summed E-state index contributed by atoms with van der Waals surface area (Å²) in [5.41, 5.74) is 1.21. The molecule has 1 heterocycles. The number of aryl methyl sites for hydroxylation is 1. The van der Waals surface area contributed by atoms with E-state index in [2.05, 4.69) is 5.32 Å². The Balaban J connectivity index is 2.00. The van der Waals surface area contributed by atoms with Crippen molar-refractivity contribution >= 4 is 5.91 Å². The van der Waals surface area contributed by atoms with E-state index in [0.29, 0.717) is 11.3 Å². The number of aromatic nitrogens is 1. The van der Waals surface area contributed by atoms with Crippen molar-refractivity contribution in [2.45, 2.75) is 6.10 Å². The third-order valence-electron chi connectivity index (χ3n) is 3.13. The largest absolute Gasteiger partial charge is 0.496 e. The number of rotatable bonds is 5. The van der Waals surface area contributed by atoms with Crippen molar-refractivity contribution in [3.05, 3.63) is 53.9 Å². The van der Waals surface area contributed by atoms with E-state index < -0.39 is 6.10 Å². The van der Waals surface area contributed by atoms with Crippen molar-refractivity contribution in [3.8, 4) is 5.75 Å². The number of hydrogen-bond acceptors (Lipinski definition) is 3. The van der Waals surface area contributed by atoms with Crippen LogP contribution < -0.4 is 10.1 Å². The summed E-state index contributed by atoms with van der Waals surface area (Å²) in [6.45, 7) is 0.148. The van der Waals surface area contributed by atoms with Crippen molar-refractivity contribution in [2.24, 2.45) is 7.05 Å². The average molecular weight is 274 g/mol. The maximum atomic E-state index is 12.1. The first-order chi connectivity index (χ1) is 9.63. The van der Waals surface area contributed by atoms with Crippen LogP contribution >= 0.6 is 0 Å². The molecule has 1 amide bonds. The molecule has 1 aromatic carbocycles. The second-order valence-electron chi connectivity index (χ2n) is 4.47. The van der Waals surface area contributed by atoms with Crippen LogP contribution in [0.25, 0.3) is 0 Å². The third kappa shape index (κ3) is 3.00. The number of benzene rings is 1. The molecule has 1 unspecified atom stereocenters. The Morgan fingerprint density at radius 2 is 2.10 bits per heavy atom. The quantitative estimate of drug-likeness (QED) is 0.868. The summed E-state index contributed by atoms with van der Waals surface area (Å²) in [6, 6.07) is 10.6. The number of aliphatic hydroxyl groups excluding tert-OH is 1. The Morgan fingerprint density at radius 3 is 2.75 bits per heavy atom. The Kier molecular flexibility index (Phi) is 4.42. The van der Waals surface area contributed by atoms with Crippen LogP contribution in [0.5, 0.6) is 5.75 Å². The van der Waals surface area contributed by atoms with E-state index in [4.69, 9.17) is 4.74 Å². The van der Waals surface area contributed by atoms with Gasteiger partial charge < -0.3 is 19.7 Å². The monoisotopic (exact) mass is 274 g/mol. The van der Waals surface area contributed by atoms with Crippen LogP contribution in [0.2, 0.25) is 0 Å². The fourth-order valence-electron chi connectivity index (χ4n) is 2.04. The predicted molar refractivity (Wildman–Crippen MR) is 75.7 cm³/mol. The minimum Gasteiger partial charge on any atom is -0.496 e. The van der Waals surface area contributed by atoms with Gasteiger partial charge >= 0.3 is 0 Å². The molecule has 5 heteroatoms. The number of hydrogen-bond donors (Lipinski definition) is 2. The molecular weight excluding hydrogens is 256 g/mol. The zero-order valence-corrected chi connectivity index (χ0v) is 11.5. The van der Waals surface area contributed by atoms with Gasteiger partial charge in [0.1, 0.15) is 11.9 Å². The predicted octanol–water partition coefficient (Wildman–Crippen LogP) is 1.50. The van der Waals surface area contributed by atoms with E-state index >= 15 is 0 Å². The fraction of sp³-hybridized carbons (Fsp3) is 0.267. The standard InChI is InChI=1S/C15H18N2O3/c1-17-9-5-7-12(17)13(18)10-16-15(19)11-6-3-4-8-14(11)20-2/h3-9,13,18H,10H2,1-2H3,(H,16,19). The number of para-hydroxylation sites is 1. The smallest absolute Gasteiger partial charge is 0.255 e. The van der Waals surface area contributed by atoms with Gasteiger partial charge in [-0.15, -0.1) is 0 Å². The van der Waals surface area contributed by atoms with Crippen LogP contribution in [-0.4, -0.2) is 29.2 Å². The van der Waals surface area contributed by atoms with Gasteiger partial charge in [-0.25, -0.2) is 0 Å². The average Bonchev–Trinajstić information content (AvgIpc) is 2.90. The highest BCUT2D eigenvalue weighted by Crippen LogP contribution is 2.17. The summed E-state index contributed by atoms with van der Waals surface area (Å²) in [5, 5.41) is 12.8. The first-order valence-electron chi connectivity index (χ1n) is 6.34. The first kappa shape index (κ1) is 14.1. The van der Waals surface area contributed by atoms with Gasteiger partial charge in [-0.1, -0.05) is 12.1 Å². The molecule has 20 heavy (non-hydrogen) atoms. The van der Waals surface area contributed by atoms with Crippen LogP contribution in [0.15, 0.2) is 42.6 Å². The minimum absolute atomic E-state index is 0.148. The Labute approximate surface area is 117 Å². The molecule has 0 fully saturated rings. The van der Waals surface area contributed by atoms with Gasteiger partial charge in [-0.05, 0) is 24.3 Å². The molecule has 0 radical (unpaired) electrons. The van der Waals surface area contributed by atoms with Crippen LogP contribution in [0.3, 0.4) is 0 Å². The van der Waals surface area contributed by atoms with Crippen molar-refractivity contribution in [1.29, 1.82) is 0 Å². The first-order valence-corrected chi connectivity index (χ1v) is 6.34. The van der Waals surface area contributed by atoms with E-state index in [1.807, 2.05) is 29.9 Å². The minimum atomic E-state index is -0.742. The summed E-state index contributed by atoms with van der Waals surface area (Å²) in [4.78, 5) is 12.1. The zero-order valence-electron chi connectivity index (χ0n) is 11.5. The molecule has 1 aromatic heterocycles. The lowest BCUT2D eigenvalue weighted by molar-refractivity contribution is 0.0909. The number of nitrogens with zero attached hydrogens (tertiary/aromatic N) is 1. The molecule has 2 aromatic rings. The lowest BCUT2D eigenvalue weighted by Gasteiger charge is -2.14. The van der Waals surface area contributed by atoms with E-state index in [9.17, 15) is 9.90 Å². The number of carbonyl (C=O) groups excluding carboxylic acids is 1. The number of nitrogens with one attached hydrogen (secondary N) is 1. The normalized spacial score (nSPS) is 11.9. The van der Waals surface area contributed by atoms with Gasteiger partial charge in [-0.2, -0.15) is 0 Å². The van der Waals surface area contributed by atoms with Crippen molar-refractivity contribution in [1.82, 2.24) is 9.88 Å². The molecular formula is C15H18N2O3. The molecule has 0 aliphatic heterocycles. The maximum Gasteiger partial charge on any atom is 0.255 e. The molecule has 0 spiro atoms. The zero-order chi connectivity index (χ0) is 14.5. The van der Waals surface area contributed by atoms with Gasteiger partial charge in [0.25, 0.3) is 5.91 Å². The van der Waals surface area contributed by atoms with E-state index in [1.165, 1.54) is 7.11 Å². The highest BCUT2D eigenvalue weighted by Gasteiger charge is 2.15. The van der Waals surface area contributed by atoms with Crippen LogP contribution in [-0.2, 0) is 7.05 Å². The van der Waals surface area contributed by atoms with Crippen molar-refractivity contribution in [3.63, 3.8) is 0 Å². The number of aliphatic hydroxyl groups is 1. The summed E-state index contributed by atoms with van der Waals surface area (Å²) in [5.74, 6) is 0.245. The molecule has 0 aliphatic carbocycles. The molecule has 1 atom stereocenters. The van der Waals surface area contributed by atoms with Gasteiger partial charge in [0.15, 0.2) is 0 Å². The summed E-state index contributed by atoms with van der Waals surface area (Å²) in [7, 11) is 3.37. The molecule has 2 rings (SSSR count). The second-order valence-corrected chi connectivity index (χ2v) is 4.47. The number of amides is 1. The fourth-order valence-corrected chi connectivity index (χ4v) is 2.04. The molecule has 0 saturated heterocycles. The van der Waals surface area contributed by atoms with Crippen LogP contribution in [0.4, 0.5) is 0 Å². The summed E-state index contributed by atoms with van der Waals surface area (Å²) in [6.07, 6.45) is 1.11. The SMILES string of the molecule is COc1ccccc1C(=O)NCC(O)c1cccn1C. The van der Waals surface area contributed by atoms with E-state index in [0.717, 1.165) is 5.69 Å². The van der Waals surface area contributed by atoms with Gasteiger partial charge in [-0.3, -0.25) is 4.79 Å². The molecule has 106 valence electrons. The lowest BCUT2D eigenvalue weighted by atomic mass is 10.2. The molecule has 5 nitrogen and oxygen atoms in total. The molecule has 2 N–H and O–H groups in total. The maximum absolute atomic E-state index is 12.1. The van der Waals surface area contributed by atoms with Crippen molar-refractivity contribution < 1.29 is 14.6 Å². The molecule has 0 bridgehead atoms. The summed E-state index contributed by atoms with van der Waals surface area (Å²) >= 11 is 0. The summed E-state index contributed by atoms with van der Waals surface area (Å²) < 4.78 is 6.96. The Hall–Kier alpha value is -2.27. The van der Waals surface area contributed by atoms with Gasteiger partial charge in [0.05, 0.1) is 12.7 Å². The lowest BCUT2D eigenvalue weighted by Crippen LogP contribution is -2.29. The topological polar surface area (TPSA) is 63.5 Å². The molecule has 0 aliphatic rings. The van der Waals surface area contributed by atoms with Crippen molar-refractivity contribution in [2.75, 3.05) is 13.7 Å². The van der Waals surface area contributed by atoms with Gasteiger partial charge in [0.2, 0.25) is 0 Å². The van der Waals surface area contributed by atoms with Crippen LogP contribution in [0, 0.1) is 0 Å². The van der Waals surface area contributed by atoms with Gasteiger partial charge in [0, 0.05) is 25.5 Å². The number of methoxy groups -OCH3 is 1. The van der Waals surface area contributed by atoms with Crippen LogP contribution in [0.1, 0.15) is 22.2 Å². The number of carbonyl (C=O) groups is 1. The second kappa shape index (κ2) is 6.25. The Bertz CT molecular complexity index is 592. The highest BCUT2D eigenvalue weighted by atomic mass is 16.5. The molecule has 0 saturated carbocycles. The Morgan fingerprint density at radius 1 is 1.35 bits per heavy atom.